The van der Waals surface area contributed by atoms with Gasteiger partial charge in [0.05, 0.1) is 0 Å². The third-order valence-corrected chi connectivity index (χ3v) is 4.48. The number of carbonyl (C=O) groups is 1. The van der Waals surface area contributed by atoms with Crippen LogP contribution in [0.25, 0.3) is 0 Å². The zero-order valence-corrected chi connectivity index (χ0v) is 13.5. The smallest absolute Gasteiger partial charge is 0.254 e. The van der Waals surface area contributed by atoms with E-state index in [2.05, 4.69) is 0 Å². The second-order valence-electron chi connectivity index (χ2n) is 5.40. The molecule has 3 nitrogen and oxygen atoms in total. The lowest BCUT2D eigenvalue weighted by atomic mass is 9.90. The highest BCUT2D eigenvalue weighted by Crippen LogP contribution is 2.24. The molecular weight excluding hydrogens is 295 g/mol. The minimum absolute atomic E-state index is 0. The quantitative estimate of drug-likeness (QED) is 0.910. The number of carbonyl (C=O) groups excluding carboxylic acids is 1. The highest BCUT2D eigenvalue weighted by molar-refractivity contribution is 6.31. The minimum Gasteiger partial charge on any atom is -0.339 e. The highest BCUT2D eigenvalue weighted by Gasteiger charge is 2.26. The molecule has 0 spiro atoms. The summed E-state index contributed by atoms with van der Waals surface area (Å²) in [7, 11) is 0. The van der Waals surface area contributed by atoms with Gasteiger partial charge in [0.15, 0.2) is 0 Å². The van der Waals surface area contributed by atoms with Crippen LogP contribution in [0.4, 0.5) is 0 Å². The van der Waals surface area contributed by atoms with E-state index in [1.54, 1.807) is 0 Å². The molecule has 1 aliphatic heterocycles. The van der Waals surface area contributed by atoms with Gasteiger partial charge in [0.1, 0.15) is 0 Å². The van der Waals surface area contributed by atoms with E-state index in [0.717, 1.165) is 31.5 Å². The van der Waals surface area contributed by atoms with Crippen LogP contribution >= 0.6 is 24.0 Å². The molecule has 0 aromatic heterocycles. The maximum absolute atomic E-state index is 12.5. The Morgan fingerprint density at radius 1 is 1.40 bits per heavy atom. The van der Waals surface area contributed by atoms with E-state index >= 15 is 0 Å². The fraction of sp³-hybridized carbons (Fsp3) is 0.533. The van der Waals surface area contributed by atoms with Gasteiger partial charge < -0.3 is 10.6 Å². The molecule has 0 saturated carbocycles. The van der Waals surface area contributed by atoms with Gasteiger partial charge in [0, 0.05) is 29.7 Å². The lowest BCUT2D eigenvalue weighted by Gasteiger charge is -2.34. The molecule has 1 aliphatic rings. The Hall–Kier alpha value is -0.770. The predicted octanol–water partition coefficient (Wildman–Crippen LogP) is 3.27. The van der Waals surface area contributed by atoms with Gasteiger partial charge in [-0.25, -0.2) is 0 Å². The van der Waals surface area contributed by atoms with Gasteiger partial charge in [-0.1, -0.05) is 17.7 Å². The fourth-order valence-electron chi connectivity index (χ4n) is 2.64. The SMILES string of the molecule is Cc1c(Cl)cccc1C(=O)N1CCC(C(C)N)CC1.Cl. The first-order valence-corrected chi connectivity index (χ1v) is 7.18. The Labute approximate surface area is 131 Å². The number of benzene rings is 1. The van der Waals surface area contributed by atoms with Gasteiger partial charge in [-0.15, -0.1) is 12.4 Å². The van der Waals surface area contributed by atoms with Crippen molar-refractivity contribution in [2.24, 2.45) is 11.7 Å². The van der Waals surface area contributed by atoms with Crippen LogP contribution in [0.5, 0.6) is 0 Å². The number of likely N-dealkylation sites (tertiary alicyclic amines) is 1. The second-order valence-corrected chi connectivity index (χ2v) is 5.81. The summed E-state index contributed by atoms with van der Waals surface area (Å²) in [4.78, 5) is 14.4. The van der Waals surface area contributed by atoms with Crippen molar-refractivity contribution in [2.75, 3.05) is 13.1 Å². The standard InChI is InChI=1S/C15H21ClN2O.ClH/c1-10-13(4-3-5-14(10)16)15(19)18-8-6-12(7-9-18)11(2)17;/h3-5,11-12H,6-9,17H2,1-2H3;1H. The normalized spacial score (nSPS) is 17.5. The molecule has 1 heterocycles. The summed E-state index contributed by atoms with van der Waals surface area (Å²) in [6.07, 6.45) is 1.98. The first-order chi connectivity index (χ1) is 9.00. The largest absolute Gasteiger partial charge is 0.339 e. The molecule has 0 radical (unpaired) electrons. The summed E-state index contributed by atoms with van der Waals surface area (Å²) >= 11 is 6.07. The van der Waals surface area contributed by atoms with E-state index in [0.29, 0.717) is 16.5 Å². The van der Waals surface area contributed by atoms with Crippen LogP contribution in [0.2, 0.25) is 5.02 Å². The predicted molar refractivity (Wildman–Crippen MR) is 85.7 cm³/mol. The average molecular weight is 317 g/mol. The lowest BCUT2D eigenvalue weighted by molar-refractivity contribution is 0.0680. The maximum atomic E-state index is 12.5. The third kappa shape index (κ3) is 3.66. The van der Waals surface area contributed by atoms with Crippen molar-refractivity contribution in [1.82, 2.24) is 4.90 Å². The molecule has 2 rings (SSSR count). The van der Waals surface area contributed by atoms with Crippen molar-refractivity contribution < 1.29 is 4.79 Å². The van der Waals surface area contributed by atoms with Crippen molar-refractivity contribution in [3.05, 3.63) is 34.3 Å². The molecule has 1 unspecified atom stereocenters. The Balaban J connectivity index is 0.00000200. The summed E-state index contributed by atoms with van der Waals surface area (Å²) in [5.74, 6) is 0.618. The number of amides is 1. The molecule has 1 amide bonds. The topological polar surface area (TPSA) is 46.3 Å². The van der Waals surface area contributed by atoms with Gasteiger partial charge in [0.2, 0.25) is 0 Å². The summed E-state index contributed by atoms with van der Waals surface area (Å²) in [5, 5.41) is 0.649. The number of nitrogens with two attached hydrogens (primary N) is 1. The van der Waals surface area contributed by atoms with E-state index in [9.17, 15) is 4.79 Å². The molecule has 1 saturated heterocycles. The Morgan fingerprint density at radius 3 is 2.55 bits per heavy atom. The summed E-state index contributed by atoms with van der Waals surface area (Å²) < 4.78 is 0. The number of halogens is 2. The van der Waals surface area contributed by atoms with Crippen LogP contribution in [0.3, 0.4) is 0 Å². The minimum atomic E-state index is 0. The van der Waals surface area contributed by atoms with E-state index in [-0.39, 0.29) is 24.4 Å². The molecule has 5 heteroatoms. The zero-order chi connectivity index (χ0) is 14.0. The lowest BCUT2D eigenvalue weighted by Crippen LogP contribution is -2.42. The maximum Gasteiger partial charge on any atom is 0.254 e. The van der Waals surface area contributed by atoms with Crippen LogP contribution in [0, 0.1) is 12.8 Å². The van der Waals surface area contributed by atoms with Gasteiger partial charge in [0.25, 0.3) is 5.91 Å². The van der Waals surface area contributed by atoms with Gasteiger partial charge in [-0.2, -0.15) is 0 Å². The molecule has 0 bridgehead atoms. The molecule has 1 aromatic carbocycles. The third-order valence-electron chi connectivity index (χ3n) is 4.07. The second kappa shape index (κ2) is 7.30. The van der Waals surface area contributed by atoms with E-state index in [4.69, 9.17) is 17.3 Å². The van der Waals surface area contributed by atoms with Crippen LogP contribution in [0.15, 0.2) is 18.2 Å². The van der Waals surface area contributed by atoms with E-state index in [1.165, 1.54) is 0 Å². The number of rotatable bonds is 2. The molecule has 1 atom stereocenters. The van der Waals surface area contributed by atoms with Crippen LogP contribution in [-0.2, 0) is 0 Å². The Bertz CT molecular complexity index is 469. The summed E-state index contributed by atoms with van der Waals surface area (Å²) in [6, 6.07) is 5.71. The zero-order valence-electron chi connectivity index (χ0n) is 11.9. The van der Waals surface area contributed by atoms with Crippen molar-refractivity contribution in [1.29, 1.82) is 0 Å². The molecule has 20 heavy (non-hydrogen) atoms. The fourth-order valence-corrected chi connectivity index (χ4v) is 2.81. The molecular formula is C15H22Cl2N2O. The highest BCUT2D eigenvalue weighted by atomic mass is 35.5. The Kier molecular flexibility index (Phi) is 6.31. The monoisotopic (exact) mass is 316 g/mol. The van der Waals surface area contributed by atoms with E-state index in [1.807, 2.05) is 36.9 Å². The summed E-state index contributed by atoms with van der Waals surface area (Å²) in [5.41, 5.74) is 7.50. The molecule has 1 fully saturated rings. The van der Waals surface area contributed by atoms with Crippen LogP contribution < -0.4 is 5.73 Å². The molecule has 112 valence electrons. The first-order valence-electron chi connectivity index (χ1n) is 6.80. The van der Waals surface area contributed by atoms with Crippen LogP contribution in [-0.4, -0.2) is 29.9 Å². The van der Waals surface area contributed by atoms with Gasteiger partial charge in [-0.05, 0) is 50.3 Å². The number of hydrogen-bond donors (Lipinski definition) is 1. The van der Waals surface area contributed by atoms with Crippen LogP contribution in [0.1, 0.15) is 35.7 Å². The molecule has 1 aromatic rings. The van der Waals surface area contributed by atoms with Gasteiger partial charge >= 0.3 is 0 Å². The molecule has 0 aliphatic carbocycles. The van der Waals surface area contributed by atoms with Crippen molar-refractivity contribution >= 4 is 29.9 Å². The number of nitrogens with zero attached hydrogens (tertiary/aromatic N) is 1. The van der Waals surface area contributed by atoms with Crippen molar-refractivity contribution in [3.63, 3.8) is 0 Å². The van der Waals surface area contributed by atoms with E-state index < -0.39 is 0 Å². The number of hydrogen-bond acceptors (Lipinski definition) is 2. The molecule has 2 N–H and O–H groups in total. The number of piperidine rings is 1. The Morgan fingerprint density at radius 2 is 2.00 bits per heavy atom. The first kappa shape index (κ1) is 17.3. The average Bonchev–Trinajstić information content (AvgIpc) is 2.41. The summed E-state index contributed by atoms with van der Waals surface area (Å²) in [6.45, 7) is 5.52. The van der Waals surface area contributed by atoms with Crippen molar-refractivity contribution in [3.8, 4) is 0 Å². The van der Waals surface area contributed by atoms with Gasteiger partial charge in [-0.3, -0.25) is 4.79 Å². The van der Waals surface area contributed by atoms with Crippen molar-refractivity contribution in [2.45, 2.75) is 32.7 Å².